The second-order valence-electron chi connectivity index (χ2n) is 16.0. The van der Waals surface area contributed by atoms with E-state index in [4.69, 9.17) is 0 Å². The van der Waals surface area contributed by atoms with Crippen LogP contribution in [0.5, 0.6) is 0 Å². The highest BCUT2D eigenvalue weighted by molar-refractivity contribution is 6.05. The van der Waals surface area contributed by atoms with Gasteiger partial charge in [0.05, 0.1) is 5.69 Å². The molecular formula is C58H48N2. The van der Waals surface area contributed by atoms with Crippen molar-refractivity contribution in [2.45, 2.75) is 38.0 Å². The van der Waals surface area contributed by atoms with E-state index in [-0.39, 0.29) is 0 Å². The van der Waals surface area contributed by atoms with Crippen molar-refractivity contribution >= 4 is 44.9 Å². The van der Waals surface area contributed by atoms with Crippen molar-refractivity contribution in [3.8, 4) is 33.4 Å². The first-order chi connectivity index (χ1) is 29.8. The van der Waals surface area contributed by atoms with Gasteiger partial charge in [-0.05, 0) is 130 Å². The maximum Gasteiger partial charge on any atom is 0.0546 e. The van der Waals surface area contributed by atoms with E-state index in [1.807, 2.05) is 0 Å². The average molecular weight is 773 g/mol. The van der Waals surface area contributed by atoms with Gasteiger partial charge in [0, 0.05) is 34.0 Å². The lowest BCUT2D eigenvalue weighted by Gasteiger charge is -2.29. The van der Waals surface area contributed by atoms with Crippen LogP contribution in [0.1, 0.15) is 43.6 Å². The number of rotatable bonds is 10. The third-order valence-corrected chi connectivity index (χ3v) is 12.3. The Kier molecular flexibility index (Phi) is 10.5. The van der Waals surface area contributed by atoms with E-state index < -0.39 is 0 Å². The molecule has 0 aromatic heterocycles. The zero-order valence-corrected chi connectivity index (χ0v) is 33.9. The second-order valence-corrected chi connectivity index (χ2v) is 16.0. The van der Waals surface area contributed by atoms with Gasteiger partial charge in [-0.15, -0.1) is 0 Å². The van der Waals surface area contributed by atoms with Crippen LogP contribution in [0, 0.1) is 0 Å². The maximum atomic E-state index is 2.39. The molecule has 60 heavy (non-hydrogen) atoms. The van der Waals surface area contributed by atoms with Crippen LogP contribution in [-0.2, 0) is 0 Å². The molecular weight excluding hydrogens is 725 g/mol. The number of hydrogen-bond donors (Lipinski definition) is 0. The summed E-state index contributed by atoms with van der Waals surface area (Å²) in [5.74, 6) is 0.697. The first-order valence-corrected chi connectivity index (χ1v) is 21.5. The summed E-state index contributed by atoms with van der Waals surface area (Å²) in [5, 5.41) is 2.47. The van der Waals surface area contributed by atoms with Gasteiger partial charge in [-0.2, -0.15) is 0 Å². The maximum absolute atomic E-state index is 2.39. The SMILES string of the molecule is c1ccc(-c2c(N(c3ccccc3)c3ccc(-c4ccc(-c5ccc(N(c6ccccc6)c6ccc(C7CCCCC7)cc6)cc5)cc4)cc3)ccc3ccccc23)cc1. The Morgan fingerprint density at radius 3 is 1.27 bits per heavy atom. The molecule has 0 amide bonds. The van der Waals surface area contributed by atoms with Gasteiger partial charge in [0.1, 0.15) is 0 Å². The molecule has 0 N–H and O–H groups in total. The van der Waals surface area contributed by atoms with Crippen LogP contribution < -0.4 is 9.80 Å². The van der Waals surface area contributed by atoms with Gasteiger partial charge in [0.15, 0.2) is 0 Å². The minimum atomic E-state index is 0.697. The standard InChI is InChI=1S/C58H48N2/c1-5-15-43(16-6-1)46-29-36-53(37-30-46)59(51-20-9-3-10-21-51)54-38-31-47(32-39-54)44-25-27-45(28-26-44)48-33-40-55(41-34-48)60(52-22-11-4-12-23-52)57-42-35-49-17-13-14-24-56(49)58(57)50-18-7-2-8-19-50/h2-4,7-14,17-43H,1,5-6,15-16H2. The third kappa shape index (κ3) is 7.61. The number of fused-ring (bicyclic) bond motifs is 1. The Hall–Kier alpha value is -7.16. The minimum absolute atomic E-state index is 0.697. The zero-order valence-electron chi connectivity index (χ0n) is 33.9. The highest BCUT2D eigenvalue weighted by atomic mass is 15.1. The highest BCUT2D eigenvalue weighted by Crippen LogP contribution is 2.45. The van der Waals surface area contributed by atoms with Crippen LogP contribution in [0.15, 0.2) is 224 Å². The molecule has 0 bridgehead atoms. The molecule has 9 aromatic rings. The molecule has 0 aliphatic heterocycles. The Balaban J connectivity index is 0.924. The first-order valence-electron chi connectivity index (χ1n) is 21.5. The van der Waals surface area contributed by atoms with Crippen LogP contribution >= 0.6 is 0 Å². The van der Waals surface area contributed by atoms with Crippen molar-refractivity contribution in [3.05, 3.63) is 230 Å². The molecule has 2 nitrogen and oxygen atoms in total. The summed E-state index contributed by atoms with van der Waals surface area (Å²) in [6.07, 6.45) is 6.70. The summed E-state index contributed by atoms with van der Waals surface area (Å²) in [5.41, 5.74) is 15.5. The normalized spacial score (nSPS) is 12.9. The molecule has 0 spiro atoms. The van der Waals surface area contributed by atoms with Crippen molar-refractivity contribution in [1.29, 1.82) is 0 Å². The quantitative estimate of drug-likeness (QED) is 0.137. The van der Waals surface area contributed by atoms with Crippen LogP contribution in [0.25, 0.3) is 44.2 Å². The van der Waals surface area contributed by atoms with Crippen molar-refractivity contribution in [1.82, 2.24) is 0 Å². The van der Waals surface area contributed by atoms with Gasteiger partial charge in [0.2, 0.25) is 0 Å². The summed E-state index contributed by atoms with van der Waals surface area (Å²) in [4.78, 5) is 4.75. The highest BCUT2D eigenvalue weighted by Gasteiger charge is 2.20. The monoisotopic (exact) mass is 772 g/mol. The van der Waals surface area contributed by atoms with Crippen LogP contribution in [0.4, 0.5) is 34.1 Å². The molecule has 1 aliphatic carbocycles. The Labute approximate surface area is 354 Å². The molecule has 0 radical (unpaired) electrons. The molecule has 0 unspecified atom stereocenters. The lowest BCUT2D eigenvalue weighted by atomic mass is 9.84. The molecule has 1 fully saturated rings. The minimum Gasteiger partial charge on any atom is -0.311 e. The van der Waals surface area contributed by atoms with Crippen molar-refractivity contribution in [2.24, 2.45) is 0 Å². The molecule has 0 heterocycles. The van der Waals surface area contributed by atoms with E-state index in [0.29, 0.717) is 5.92 Å². The fourth-order valence-electron chi connectivity index (χ4n) is 9.18. The predicted molar refractivity (Wildman–Crippen MR) is 255 cm³/mol. The van der Waals surface area contributed by atoms with Gasteiger partial charge < -0.3 is 9.80 Å². The average Bonchev–Trinajstić information content (AvgIpc) is 3.34. The van der Waals surface area contributed by atoms with E-state index >= 15 is 0 Å². The molecule has 0 saturated heterocycles. The molecule has 1 aliphatic rings. The topological polar surface area (TPSA) is 6.48 Å². The molecule has 0 atom stereocenters. The van der Waals surface area contributed by atoms with Crippen LogP contribution in [0.2, 0.25) is 0 Å². The van der Waals surface area contributed by atoms with Gasteiger partial charge in [-0.1, -0.05) is 177 Å². The molecule has 10 rings (SSSR count). The Morgan fingerprint density at radius 1 is 0.300 bits per heavy atom. The van der Waals surface area contributed by atoms with Crippen molar-refractivity contribution < 1.29 is 0 Å². The van der Waals surface area contributed by atoms with Gasteiger partial charge in [-0.25, -0.2) is 0 Å². The van der Waals surface area contributed by atoms with Gasteiger partial charge in [0.25, 0.3) is 0 Å². The summed E-state index contributed by atoms with van der Waals surface area (Å²) < 4.78 is 0. The van der Waals surface area contributed by atoms with Crippen LogP contribution in [-0.4, -0.2) is 0 Å². The van der Waals surface area contributed by atoms with Gasteiger partial charge >= 0.3 is 0 Å². The van der Waals surface area contributed by atoms with Crippen molar-refractivity contribution in [2.75, 3.05) is 9.80 Å². The number of para-hydroxylation sites is 2. The second kappa shape index (κ2) is 17.0. The van der Waals surface area contributed by atoms with Gasteiger partial charge in [-0.3, -0.25) is 0 Å². The lowest BCUT2D eigenvalue weighted by molar-refractivity contribution is 0.443. The molecule has 9 aromatic carbocycles. The smallest absolute Gasteiger partial charge is 0.0546 e. The van der Waals surface area contributed by atoms with Crippen molar-refractivity contribution in [3.63, 3.8) is 0 Å². The molecule has 2 heteroatoms. The summed E-state index contributed by atoms with van der Waals surface area (Å²) in [6, 6.07) is 81.7. The molecule has 290 valence electrons. The Bertz CT molecular complexity index is 2790. The Morgan fingerprint density at radius 2 is 0.717 bits per heavy atom. The fourth-order valence-corrected chi connectivity index (χ4v) is 9.18. The lowest BCUT2D eigenvalue weighted by Crippen LogP contribution is -2.11. The summed E-state index contributed by atoms with van der Waals surface area (Å²) in [6.45, 7) is 0. The number of nitrogens with zero attached hydrogens (tertiary/aromatic N) is 2. The van der Waals surface area contributed by atoms with E-state index in [9.17, 15) is 0 Å². The first kappa shape index (κ1) is 37.1. The predicted octanol–water partition coefficient (Wildman–Crippen LogP) is 16.8. The third-order valence-electron chi connectivity index (χ3n) is 12.3. The van der Waals surface area contributed by atoms with E-state index in [1.54, 1.807) is 0 Å². The largest absolute Gasteiger partial charge is 0.311 e. The van der Waals surface area contributed by atoms with E-state index in [2.05, 4.69) is 234 Å². The van der Waals surface area contributed by atoms with E-state index in [0.717, 1.165) is 28.4 Å². The zero-order chi connectivity index (χ0) is 40.1. The molecule has 1 saturated carbocycles. The number of anilines is 6. The van der Waals surface area contributed by atoms with E-state index in [1.165, 1.54) is 87.5 Å². The number of benzene rings is 9. The fraction of sp³-hybridized carbons (Fsp3) is 0.103. The van der Waals surface area contributed by atoms with Crippen LogP contribution in [0.3, 0.4) is 0 Å². The summed E-state index contributed by atoms with van der Waals surface area (Å²) >= 11 is 0. The number of hydrogen-bond acceptors (Lipinski definition) is 2. The summed E-state index contributed by atoms with van der Waals surface area (Å²) in [7, 11) is 0.